The zero-order valence-corrected chi connectivity index (χ0v) is 10.6. The maximum Gasteiger partial charge on any atom is 0.213 e. The Morgan fingerprint density at radius 2 is 2.11 bits per heavy atom. The number of hydrogen-bond donors (Lipinski definition) is 2. The summed E-state index contributed by atoms with van der Waals surface area (Å²) in [5.41, 5.74) is 2.95. The van der Waals surface area contributed by atoms with Gasteiger partial charge in [-0.2, -0.15) is 5.10 Å². The second kappa shape index (κ2) is 4.97. The normalized spacial score (nSPS) is 10.6. The van der Waals surface area contributed by atoms with Crippen molar-refractivity contribution < 1.29 is 4.74 Å². The van der Waals surface area contributed by atoms with Crippen LogP contribution >= 0.6 is 0 Å². The quantitative estimate of drug-likeness (QED) is 0.751. The lowest BCUT2D eigenvalue weighted by Gasteiger charge is -2.07. The van der Waals surface area contributed by atoms with Crippen LogP contribution in [0.3, 0.4) is 0 Å². The van der Waals surface area contributed by atoms with Crippen LogP contribution in [0.2, 0.25) is 0 Å². The third-order valence-corrected chi connectivity index (χ3v) is 2.93. The molecule has 0 amide bonds. The molecule has 0 fully saturated rings. The summed E-state index contributed by atoms with van der Waals surface area (Å²) in [6, 6.07) is 11.8. The van der Waals surface area contributed by atoms with E-state index < -0.39 is 0 Å². The minimum Gasteiger partial charge on any atom is -0.481 e. The molecule has 0 aliphatic heterocycles. The predicted octanol–water partition coefficient (Wildman–Crippen LogP) is 2.58. The highest BCUT2D eigenvalue weighted by molar-refractivity contribution is 5.89. The Morgan fingerprint density at radius 3 is 3.00 bits per heavy atom. The zero-order valence-electron chi connectivity index (χ0n) is 10.6. The van der Waals surface area contributed by atoms with Gasteiger partial charge in [0.15, 0.2) is 0 Å². The number of nitrogens with one attached hydrogen (secondary N) is 2. The zero-order chi connectivity index (χ0) is 13.1. The number of anilines is 1. The minimum atomic E-state index is 0.624. The van der Waals surface area contributed by atoms with Gasteiger partial charge in [-0.05, 0) is 12.1 Å². The molecule has 0 spiro atoms. The third-order valence-electron chi connectivity index (χ3n) is 2.93. The van der Waals surface area contributed by atoms with Gasteiger partial charge >= 0.3 is 0 Å². The Kier molecular flexibility index (Phi) is 3.02. The van der Waals surface area contributed by atoms with Gasteiger partial charge in [0.2, 0.25) is 5.88 Å². The number of rotatable bonds is 4. The van der Waals surface area contributed by atoms with E-state index in [1.165, 1.54) is 0 Å². The van der Waals surface area contributed by atoms with E-state index in [1.54, 1.807) is 7.11 Å². The molecule has 96 valence electrons. The van der Waals surface area contributed by atoms with E-state index in [0.29, 0.717) is 12.4 Å². The first-order valence-electron chi connectivity index (χ1n) is 6.03. The number of aromatic amines is 1. The van der Waals surface area contributed by atoms with E-state index in [1.807, 2.05) is 42.6 Å². The Bertz CT molecular complexity index is 692. The van der Waals surface area contributed by atoms with Gasteiger partial charge in [-0.3, -0.25) is 5.10 Å². The van der Waals surface area contributed by atoms with Crippen LogP contribution < -0.4 is 10.1 Å². The van der Waals surface area contributed by atoms with Crippen LogP contribution in [0.4, 0.5) is 5.69 Å². The maximum atomic E-state index is 5.11. The van der Waals surface area contributed by atoms with Crippen molar-refractivity contribution >= 4 is 16.6 Å². The van der Waals surface area contributed by atoms with E-state index >= 15 is 0 Å². The molecule has 0 aliphatic carbocycles. The Hall–Kier alpha value is -2.56. The molecule has 5 nitrogen and oxygen atoms in total. The second-order valence-electron chi connectivity index (χ2n) is 4.16. The molecule has 0 bridgehead atoms. The van der Waals surface area contributed by atoms with E-state index in [0.717, 1.165) is 22.3 Å². The predicted molar refractivity (Wildman–Crippen MR) is 74.2 cm³/mol. The molecule has 0 radical (unpaired) electrons. The Balaban J connectivity index is 1.80. The van der Waals surface area contributed by atoms with Crippen molar-refractivity contribution in [2.45, 2.75) is 6.54 Å². The van der Waals surface area contributed by atoms with Crippen molar-refractivity contribution in [3.8, 4) is 5.88 Å². The van der Waals surface area contributed by atoms with Gasteiger partial charge in [0.05, 0.1) is 36.7 Å². The van der Waals surface area contributed by atoms with Crippen molar-refractivity contribution in [2.75, 3.05) is 12.4 Å². The number of pyridine rings is 1. The van der Waals surface area contributed by atoms with E-state index in [4.69, 9.17) is 4.74 Å². The highest BCUT2D eigenvalue weighted by Gasteiger charge is 2.03. The smallest absolute Gasteiger partial charge is 0.213 e. The fourth-order valence-corrected chi connectivity index (χ4v) is 1.97. The van der Waals surface area contributed by atoms with Crippen LogP contribution in [0.15, 0.2) is 42.6 Å². The number of nitrogens with zero attached hydrogens (tertiary/aromatic N) is 2. The molecule has 3 rings (SSSR count). The number of benzene rings is 1. The number of H-pyrrole nitrogens is 1. The Labute approximate surface area is 110 Å². The maximum absolute atomic E-state index is 5.11. The van der Waals surface area contributed by atoms with Crippen LogP contribution in [0.5, 0.6) is 5.88 Å². The highest BCUT2D eigenvalue weighted by Crippen LogP contribution is 2.21. The van der Waals surface area contributed by atoms with Gasteiger partial charge in [0.25, 0.3) is 0 Å². The summed E-state index contributed by atoms with van der Waals surface area (Å²) < 4.78 is 5.11. The standard InChI is InChI=1S/C14H14N4O/c1-19-13-7-3-5-11(17-13)9-15-12-6-2-4-10-8-16-18-14(10)12/h2-8,15H,9H2,1H3,(H,16,18). The number of aromatic nitrogens is 3. The topological polar surface area (TPSA) is 62.8 Å². The summed E-state index contributed by atoms with van der Waals surface area (Å²) in [5.74, 6) is 0.624. The first-order chi connectivity index (χ1) is 9.36. The number of ether oxygens (including phenoxy) is 1. The number of hydrogen-bond acceptors (Lipinski definition) is 4. The van der Waals surface area contributed by atoms with Gasteiger partial charge in [-0.25, -0.2) is 4.98 Å². The molecular formula is C14H14N4O. The summed E-state index contributed by atoms with van der Waals surface area (Å²) in [6.07, 6.45) is 1.81. The summed E-state index contributed by atoms with van der Waals surface area (Å²) in [7, 11) is 1.62. The minimum absolute atomic E-state index is 0.624. The summed E-state index contributed by atoms with van der Waals surface area (Å²) in [4.78, 5) is 4.36. The van der Waals surface area contributed by atoms with E-state index in [-0.39, 0.29) is 0 Å². The molecule has 0 saturated heterocycles. The van der Waals surface area contributed by atoms with Crippen molar-refractivity contribution in [1.82, 2.24) is 15.2 Å². The number of fused-ring (bicyclic) bond motifs is 1. The van der Waals surface area contributed by atoms with E-state index in [9.17, 15) is 0 Å². The first kappa shape index (κ1) is 11.5. The molecular weight excluding hydrogens is 240 g/mol. The molecule has 19 heavy (non-hydrogen) atoms. The Morgan fingerprint density at radius 1 is 1.21 bits per heavy atom. The number of para-hydroxylation sites is 1. The fourth-order valence-electron chi connectivity index (χ4n) is 1.97. The van der Waals surface area contributed by atoms with Crippen LogP contribution in [0.1, 0.15) is 5.69 Å². The average molecular weight is 254 g/mol. The van der Waals surface area contributed by atoms with E-state index in [2.05, 4.69) is 20.5 Å². The van der Waals surface area contributed by atoms with Gasteiger partial charge < -0.3 is 10.1 Å². The molecule has 5 heteroatoms. The van der Waals surface area contributed by atoms with Gasteiger partial charge in [0.1, 0.15) is 0 Å². The summed E-state index contributed by atoms with van der Waals surface area (Å²) in [6.45, 7) is 0.634. The summed E-state index contributed by atoms with van der Waals surface area (Å²) in [5, 5.41) is 11.5. The first-order valence-corrected chi connectivity index (χ1v) is 6.03. The van der Waals surface area contributed by atoms with Gasteiger partial charge in [0, 0.05) is 11.5 Å². The lowest BCUT2D eigenvalue weighted by molar-refractivity contribution is 0.396. The third kappa shape index (κ3) is 2.35. The van der Waals surface area contributed by atoms with Crippen molar-refractivity contribution in [1.29, 1.82) is 0 Å². The van der Waals surface area contributed by atoms with Crippen molar-refractivity contribution in [3.05, 3.63) is 48.3 Å². The van der Waals surface area contributed by atoms with Crippen molar-refractivity contribution in [3.63, 3.8) is 0 Å². The lowest BCUT2D eigenvalue weighted by atomic mass is 10.2. The SMILES string of the molecule is COc1cccc(CNc2cccc3cn[nH]c23)n1. The van der Waals surface area contributed by atoms with Crippen LogP contribution in [-0.4, -0.2) is 22.3 Å². The second-order valence-corrected chi connectivity index (χ2v) is 4.16. The molecule has 0 aliphatic rings. The van der Waals surface area contributed by atoms with Gasteiger partial charge in [-0.15, -0.1) is 0 Å². The molecule has 0 unspecified atom stereocenters. The van der Waals surface area contributed by atoms with Crippen LogP contribution in [0.25, 0.3) is 10.9 Å². The van der Waals surface area contributed by atoms with Crippen LogP contribution in [-0.2, 0) is 6.54 Å². The molecule has 2 aromatic heterocycles. The molecule has 0 saturated carbocycles. The number of methoxy groups -OCH3 is 1. The molecule has 3 aromatic rings. The lowest BCUT2D eigenvalue weighted by Crippen LogP contribution is -2.02. The molecule has 1 aromatic carbocycles. The summed E-state index contributed by atoms with van der Waals surface area (Å²) >= 11 is 0. The largest absolute Gasteiger partial charge is 0.481 e. The van der Waals surface area contributed by atoms with Crippen molar-refractivity contribution in [2.24, 2.45) is 0 Å². The molecule has 2 heterocycles. The average Bonchev–Trinajstić information content (AvgIpc) is 2.94. The van der Waals surface area contributed by atoms with Crippen LogP contribution in [0, 0.1) is 0 Å². The highest BCUT2D eigenvalue weighted by atomic mass is 16.5. The molecule has 2 N–H and O–H groups in total. The fraction of sp³-hybridized carbons (Fsp3) is 0.143. The molecule has 0 atom stereocenters. The monoisotopic (exact) mass is 254 g/mol. The van der Waals surface area contributed by atoms with Gasteiger partial charge in [-0.1, -0.05) is 18.2 Å².